The van der Waals surface area contributed by atoms with Crippen molar-refractivity contribution in [1.82, 2.24) is 10.3 Å². The molecule has 1 aromatic rings. The fraction of sp³-hybridized carbons (Fsp3) is 0.714. The van der Waals surface area contributed by atoms with Crippen molar-refractivity contribution in [2.75, 3.05) is 18.4 Å². The number of anilines is 1. The molecule has 4 nitrogen and oxygen atoms in total. The van der Waals surface area contributed by atoms with Crippen LogP contribution >= 0.6 is 11.3 Å². The molecule has 0 radical (unpaired) electrons. The van der Waals surface area contributed by atoms with Crippen LogP contribution in [0.25, 0.3) is 0 Å². The Hall–Kier alpha value is -0.940. The van der Waals surface area contributed by atoms with Crippen LogP contribution in [0.1, 0.15) is 37.4 Å². The number of carbonyl (C=O) groups excluding carboxylic acids is 1. The molecule has 0 aliphatic carbocycles. The van der Waals surface area contributed by atoms with Crippen molar-refractivity contribution in [1.29, 1.82) is 0 Å². The Morgan fingerprint density at radius 1 is 1.58 bits per heavy atom. The van der Waals surface area contributed by atoms with E-state index in [1.165, 1.54) is 0 Å². The van der Waals surface area contributed by atoms with Crippen molar-refractivity contribution >= 4 is 22.2 Å². The standard InChI is InChI=1S/C14H23N3OS/c1-9(2)7-12-14(19-10(3)16-12)17-13(18)11-5-4-6-15-8-11/h9,11,15H,4-8H2,1-3H3,(H,17,18). The van der Waals surface area contributed by atoms with Gasteiger partial charge in [0, 0.05) is 6.54 Å². The van der Waals surface area contributed by atoms with Crippen LogP contribution in [-0.2, 0) is 11.2 Å². The first-order valence-electron chi connectivity index (χ1n) is 7.04. The van der Waals surface area contributed by atoms with Gasteiger partial charge in [-0.2, -0.15) is 0 Å². The zero-order valence-corrected chi connectivity index (χ0v) is 12.8. The highest BCUT2D eigenvalue weighted by atomic mass is 32.1. The second-order valence-corrected chi connectivity index (χ2v) is 6.84. The highest BCUT2D eigenvalue weighted by Crippen LogP contribution is 2.27. The van der Waals surface area contributed by atoms with Gasteiger partial charge in [0.25, 0.3) is 0 Å². The van der Waals surface area contributed by atoms with Gasteiger partial charge >= 0.3 is 0 Å². The lowest BCUT2D eigenvalue weighted by Gasteiger charge is -2.21. The summed E-state index contributed by atoms with van der Waals surface area (Å²) in [6, 6.07) is 0. The van der Waals surface area contributed by atoms with Gasteiger partial charge in [0.05, 0.1) is 16.6 Å². The first-order valence-corrected chi connectivity index (χ1v) is 7.85. The van der Waals surface area contributed by atoms with Crippen LogP contribution in [0.5, 0.6) is 0 Å². The van der Waals surface area contributed by atoms with Crippen LogP contribution in [0.4, 0.5) is 5.00 Å². The van der Waals surface area contributed by atoms with Crippen LogP contribution in [0, 0.1) is 18.8 Å². The van der Waals surface area contributed by atoms with Gasteiger partial charge in [0.1, 0.15) is 5.00 Å². The minimum atomic E-state index is 0.100. The minimum Gasteiger partial charge on any atom is -0.316 e. The molecule has 1 aromatic heterocycles. The highest BCUT2D eigenvalue weighted by Gasteiger charge is 2.22. The van der Waals surface area contributed by atoms with Gasteiger partial charge in [0.15, 0.2) is 0 Å². The molecule has 0 aromatic carbocycles. The quantitative estimate of drug-likeness (QED) is 0.892. The van der Waals surface area contributed by atoms with Gasteiger partial charge in [-0.3, -0.25) is 4.79 Å². The van der Waals surface area contributed by atoms with E-state index in [4.69, 9.17) is 0 Å². The van der Waals surface area contributed by atoms with E-state index >= 15 is 0 Å². The lowest BCUT2D eigenvalue weighted by Crippen LogP contribution is -2.37. The second kappa shape index (κ2) is 6.48. The number of piperidine rings is 1. The van der Waals surface area contributed by atoms with Crippen molar-refractivity contribution in [2.24, 2.45) is 11.8 Å². The van der Waals surface area contributed by atoms with E-state index in [1.54, 1.807) is 11.3 Å². The third kappa shape index (κ3) is 4.01. The normalized spacial score (nSPS) is 19.7. The average molecular weight is 281 g/mol. The van der Waals surface area contributed by atoms with E-state index in [2.05, 4.69) is 29.5 Å². The number of nitrogens with zero attached hydrogens (tertiary/aromatic N) is 1. The molecule has 1 aliphatic heterocycles. The number of amides is 1. The van der Waals surface area contributed by atoms with Gasteiger partial charge in [0.2, 0.25) is 5.91 Å². The Labute approximate surface area is 119 Å². The number of hydrogen-bond acceptors (Lipinski definition) is 4. The summed E-state index contributed by atoms with van der Waals surface area (Å²) in [5.74, 6) is 0.789. The van der Waals surface area contributed by atoms with Gasteiger partial charge in [-0.15, -0.1) is 11.3 Å². The van der Waals surface area contributed by atoms with Crippen LogP contribution < -0.4 is 10.6 Å². The highest BCUT2D eigenvalue weighted by molar-refractivity contribution is 7.16. The van der Waals surface area contributed by atoms with E-state index < -0.39 is 0 Å². The molecule has 19 heavy (non-hydrogen) atoms. The van der Waals surface area contributed by atoms with Gasteiger partial charge < -0.3 is 10.6 Å². The monoisotopic (exact) mass is 281 g/mol. The molecule has 0 saturated carbocycles. The largest absolute Gasteiger partial charge is 0.316 e. The maximum atomic E-state index is 12.2. The predicted molar refractivity (Wildman–Crippen MR) is 79.6 cm³/mol. The number of aryl methyl sites for hydroxylation is 1. The third-order valence-corrected chi connectivity index (χ3v) is 4.24. The molecule has 1 saturated heterocycles. The maximum Gasteiger partial charge on any atom is 0.229 e. The minimum absolute atomic E-state index is 0.100. The summed E-state index contributed by atoms with van der Waals surface area (Å²) in [6.07, 6.45) is 2.98. The van der Waals surface area contributed by atoms with Crippen LogP contribution in [-0.4, -0.2) is 24.0 Å². The summed E-state index contributed by atoms with van der Waals surface area (Å²) in [5, 5.41) is 8.33. The number of carbonyl (C=O) groups is 1. The van der Waals surface area contributed by atoms with Crippen molar-refractivity contribution in [3.8, 4) is 0 Å². The SMILES string of the molecule is Cc1nc(CC(C)C)c(NC(=O)C2CCCNC2)s1. The summed E-state index contributed by atoms with van der Waals surface area (Å²) < 4.78 is 0. The zero-order valence-electron chi connectivity index (χ0n) is 12.0. The van der Waals surface area contributed by atoms with Crippen molar-refractivity contribution < 1.29 is 4.79 Å². The van der Waals surface area contributed by atoms with E-state index in [0.29, 0.717) is 5.92 Å². The molecule has 2 N–H and O–H groups in total. The molecule has 106 valence electrons. The van der Waals surface area contributed by atoms with Crippen molar-refractivity contribution in [3.63, 3.8) is 0 Å². The van der Waals surface area contributed by atoms with Gasteiger partial charge in [-0.25, -0.2) is 4.98 Å². The Morgan fingerprint density at radius 3 is 3.00 bits per heavy atom. The van der Waals surface area contributed by atoms with E-state index in [0.717, 1.165) is 48.1 Å². The molecular formula is C14H23N3OS. The van der Waals surface area contributed by atoms with Crippen LogP contribution in [0.15, 0.2) is 0 Å². The fourth-order valence-electron chi connectivity index (χ4n) is 2.38. The van der Waals surface area contributed by atoms with Crippen molar-refractivity contribution in [2.45, 2.75) is 40.0 Å². The Morgan fingerprint density at radius 2 is 2.37 bits per heavy atom. The second-order valence-electron chi connectivity index (χ2n) is 5.64. The topological polar surface area (TPSA) is 54.0 Å². The number of hydrogen-bond donors (Lipinski definition) is 2. The first-order chi connectivity index (χ1) is 9.06. The van der Waals surface area contributed by atoms with Crippen LogP contribution in [0.3, 0.4) is 0 Å². The maximum absolute atomic E-state index is 12.2. The molecule has 2 heterocycles. The molecule has 0 bridgehead atoms. The zero-order chi connectivity index (χ0) is 13.8. The molecule has 0 spiro atoms. The van der Waals surface area contributed by atoms with E-state index in [-0.39, 0.29) is 11.8 Å². The molecule has 5 heteroatoms. The summed E-state index contributed by atoms with van der Waals surface area (Å²) in [5.41, 5.74) is 1.04. The molecule has 1 atom stereocenters. The first kappa shape index (κ1) is 14.5. The van der Waals surface area contributed by atoms with Crippen LogP contribution in [0.2, 0.25) is 0 Å². The molecule has 1 unspecified atom stereocenters. The molecule has 2 rings (SSSR count). The lowest BCUT2D eigenvalue weighted by atomic mass is 9.99. The van der Waals surface area contributed by atoms with Gasteiger partial charge in [-0.1, -0.05) is 13.8 Å². The van der Waals surface area contributed by atoms with E-state index in [9.17, 15) is 4.79 Å². The summed E-state index contributed by atoms with van der Waals surface area (Å²) in [4.78, 5) is 16.8. The summed E-state index contributed by atoms with van der Waals surface area (Å²) in [6.45, 7) is 8.16. The number of thiazole rings is 1. The summed E-state index contributed by atoms with van der Waals surface area (Å²) >= 11 is 1.59. The number of aromatic nitrogens is 1. The Bertz CT molecular complexity index is 436. The van der Waals surface area contributed by atoms with Crippen molar-refractivity contribution in [3.05, 3.63) is 10.7 Å². The molecule has 1 fully saturated rings. The summed E-state index contributed by atoms with van der Waals surface area (Å²) in [7, 11) is 0. The number of rotatable bonds is 4. The fourth-order valence-corrected chi connectivity index (χ4v) is 3.23. The third-order valence-electron chi connectivity index (χ3n) is 3.31. The predicted octanol–water partition coefficient (Wildman–Crippen LogP) is 2.59. The van der Waals surface area contributed by atoms with Gasteiger partial charge in [-0.05, 0) is 38.6 Å². The average Bonchev–Trinajstić information content (AvgIpc) is 2.69. The Balaban J connectivity index is 2.03. The lowest BCUT2D eigenvalue weighted by molar-refractivity contribution is -0.120. The molecule has 1 aliphatic rings. The Kier molecular flexibility index (Phi) is 4.93. The smallest absolute Gasteiger partial charge is 0.229 e. The number of nitrogens with one attached hydrogen (secondary N) is 2. The molecule has 1 amide bonds. The van der Waals surface area contributed by atoms with E-state index in [1.807, 2.05) is 6.92 Å². The molecular weight excluding hydrogens is 258 g/mol.